The second-order valence-corrected chi connectivity index (χ2v) is 7.14. The van der Waals surface area contributed by atoms with Gasteiger partial charge in [0.05, 0.1) is 11.6 Å². The third-order valence-electron chi connectivity index (χ3n) is 5.45. The van der Waals surface area contributed by atoms with Gasteiger partial charge in [-0.1, -0.05) is 0 Å². The summed E-state index contributed by atoms with van der Waals surface area (Å²) in [6.45, 7) is 0.736. The lowest BCUT2D eigenvalue weighted by molar-refractivity contribution is -0.157. The van der Waals surface area contributed by atoms with Crippen LogP contribution in [0.25, 0.3) is 5.52 Å². The minimum absolute atomic E-state index is 0.0584. The van der Waals surface area contributed by atoms with Gasteiger partial charge in [0, 0.05) is 19.2 Å². The normalized spacial score (nSPS) is 30.3. The van der Waals surface area contributed by atoms with Crippen molar-refractivity contribution in [2.45, 2.75) is 23.9 Å². The Morgan fingerprint density at radius 3 is 3.00 bits per heavy atom. The quantitative estimate of drug-likeness (QED) is 0.600. The molecule has 30 heavy (non-hydrogen) atoms. The van der Waals surface area contributed by atoms with E-state index in [9.17, 15) is 19.2 Å². The highest BCUT2D eigenvalue weighted by atomic mass is 19.1. The number of esters is 1. The molecule has 4 atom stereocenters. The van der Waals surface area contributed by atoms with Crippen LogP contribution < -0.4 is 11.1 Å². The second-order valence-electron chi connectivity index (χ2n) is 7.14. The van der Waals surface area contributed by atoms with E-state index in [0.717, 1.165) is 16.9 Å². The molecule has 5 heterocycles. The van der Waals surface area contributed by atoms with Gasteiger partial charge in [0.15, 0.2) is 23.8 Å². The van der Waals surface area contributed by atoms with E-state index in [1.165, 1.54) is 0 Å². The molecule has 0 unspecified atom stereocenters. The lowest BCUT2D eigenvalue weighted by Gasteiger charge is -2.26. The summed E-state index contributed by atoms with van der Waals surface area (Å²) >= 11 is 0. The molecule has 0 spiro atoms. The summed E-state index contributed by atoms with van der Waals surface area (Å²) in [5.74, 6) is -1.63. The lowest BCUT2D eigenvalue weighted by Crippen LogP contribution is -2.48. The average Bonchev–Trinajstić information content (AvgIpc) is 3.30. The Balaban J connectivity index is 1.52. The second kappa shape index (κ2) is 6.51. The first-order valence-electron chi connectivity index (χ1n) is 9.06. The molecule has 3 aliphatic heterocycles. The summed E-state index contributed by atoms with van der Waals surface area (Å²) < 4.78 is 37.1. The van der Waals surface area contributed by atoms with Crippen molar-refractivity contribution in [2.24, 2.45) is 5.92 Å². The molecule has 0 bridgehead atoms. The zero-order valence-corrected chi connectivity index (χ0v) is 15.3. The summed E-state index contributed by atoms with van der Waals surface area (Å²) in [6.07, 6.45) is -3.21. The van der Waals surface area contributed by atoms with Crippen molar-refractivity contribution in [1.29, 1.82) is 5.26 Å². The summed E-state index contributed by atoms with van der Waals surface area (Å²) in [5, 5.41) is 16.9. The first kappa shape index (κ1) is 18.5. The van der Waals surface area contributed by atoms with Crippen molar-refractivity contribution in [3.63, 3.8) is 0 Å². The Bertz CT molecular complexity index is 1100. The smallest absolute Gasteiger partial charge is 0.462 e. The number of aromatic nitrogens is 3. The van der Waals surface area contributed by atoms with E-state index in [2.05, 4.69) is 15.4 Å². The summed E-state index contributed by atoms with van der Waals surface area (Å²) in [5.41, 5.74) is 3.55. The summed E-state index contributed by atoms with van der Waals surface area (Å²) in [4.78, 5) is 27.6. The molecular formula is C17H15FN6O6. The summed E-state index contributed by atoms with van der Waals surface area (Å²) in [6, 6.07) is 2.97. The Morgan fingerprint density at radius 2 is 2.30 bits per heavy atom. The van der Waals surface area contributed by atoms with E-state index < -0.39 is 41.9 Å². The van der Waals surface area contributed by atoms with Gasteiger partial charge in [0.25, 0.3) is 0 Å². The number of nitriles is 1. The van der Waals surface area contributed by atoms with Gasteiger partial charge in [-0.2, -0.15) is 10.4 Å². The van der Waals surface area contributed by atoms with E-state index in [4.69, 9.17) is 24.7 Å². The van der Waals surface area contributed by atoms with E-state index in [0.29, 0.717) is 13.1 Å². The van der Waals surface area contributed by atoms with Crippen LogP contribution in [0, 0.1) is 23.1 Å². The molecular weight excluding hydrogens is 403 g/mol. The third kappa shape index (κ3) is 2.50. The van der Waals surface area contributed by atoms with E-state index in [-0.39, 0.29) is 29.6 Å². The van der Waals surface area contributed by atoms with Gasteiger partial charge in [0.2, 0.25) is 5.60 Å². The van der Waals surface area contributed by atoms with Crippen molar-refractivity contribution in [1.82, 2.24) is 19.9 Å². The maximum absolute atomic E-state index is 14.6. The molecule has 0 aromatic carbocycles. The molecule has 0 radical (unpaired) electrons. The van der Waals surface area contributed by atoms with Crippen LogP contribution in [-0.4, -0.2) is 64.7 Å². The standard InChI is InChI=1S/C17H15FN6O6/c18-8-1-10(24-11(8)14(20)22-6-23-24)17(5-19)13-12(28-16(26)29-13)9(30-17)4-27-15(25)7-2-21-3-7/h1,6-7,9,12-13,21H,2-4H2,(H2,20,22,23)/t9-,12-,13-,17+/m1/s1. The van der Waals surface area contributed by atoms with Crippen LogP contribution in [0.3, 0.4) is 0 Å². The summed E-state index contributed by atoms with van der Waals surface area (Å²) in [7, 11) is 0. The van der Waals surface area contributed by atoms with Gasteiger partial charge < -0.3 is 30.0 Å². The number of anilines is 1. The van der Waals surface area contributed by atoms with Gasteiger partial charge in [-0.3, -0.25) is 4.79 Å². The number of fused-ring (bicyclic) bond motifs is 2. The third-order valence-corrected chi connectivity index (χ3v) is 5.45. The number of hydrogen-bond acceptors (Lipinski definition) is 11. The molecule has 156 valence electrons. The SMILES string of the molecule is N#C[C@@]1(c2cc(F)c3c(N)ncnn23)O[C@H](COC(=O)C2CNC2)[C@H]2OC(=O)O[C@H]21. The molecule has 3 saturated heterocycles. The van der Waals surface area contributed by atoms with Gasteiger partial charge in [-0.15, -0.1) is 0 Å². The number of carbonyl (C=O) groups excluding carboxylic acids is 2. The highest BCUT2D eigenvalue weighted by Gasteiger charge is 2.66. The number of nitrogen functional groups attached to an aromatic ring is 1. The molecule has 3 aliphatic rings. The van der Waals surface area contributed by atoms with E-state index in [1.807, 2.05) is 6.07 Å². The van der Waals surface area contributed by atoms with Crippen LogP contribution in [0.2, 0.25) is 0 Å². The highest BCUT2D eigenvalue weighted by molar-refractivity contribution is 5.74. The van der Waals surface area contributed by atoms with Gasteiger partial charge in [0.1, 0.15) is 30.6 Å². The largest absolute Gasteiger partial charge is 0.509 e. The molecule has 0 saturated carbocycles. The molecule has 13 heteroatoms. The maximum atomic E-state index is 14.6. The van der Waals surface area contributed by atoms with E-state index in [1.54, 1.807) is 0 Å². The van der Waals surface area contributed by atoms with Crippen molar-refractivity contribution in [3.8, 4) is 6.07 Å². The van der Waals surface area contributed by atoms with Crippen LogP contribution in [-0.2, 0) is 29.3 Å². The fraction of sp³-hybridized carbons (Fsp3) is 0.471. The Hall–Kier alpha value is -3.50. The molecule has 2 aromatic heterocycles. The molecule has 5 rings (SSSR count). The van der Waals surface area contributed by atoms with Gasteiger partial charge in [-0.25, -0.2) is 18.7 Å². The molecule has 0 aliphatic carbocycles. The molecule has 12 nitrogen and oxygen atoms in total. The van der Waals surface area contributed by atoms with Crippen LogP contribution >= 0.6 is 0 Å². The monoisotopic (exact) mass is 418 g/mol. The van der Waals surface area contributed by atoms with Crippen LogP contribution in [0.1, 0.15) is 5.69 Å². The first-order chi connectivity index (χ1) is 14.4. The van der Waals surface area contributed by atoms with Crippen LogP contribution in [0.4, 0.5) is 15.0 Å². The number of nitrogens with two attached hydrogens (primary N) is 1. The minimum Gasteiger partial charge on any atom is -0.462 e. The van der Waals surface area contributed by atoms with Crippen molar-refractivity contribution in [2.75, 3.05) is 25.4 Å². The number of carbonyl (C=O) groups is 2. The van der Waals surface area contributed by atoms with Crippen LogP contribution in [0.5, 0.6) is 0 Å². The number of nitrogens with one attached hydrogen (secondary N) is 1. The fourth-order valence-corrected chi connectivity index (χ4v) is 3.84. The number of rotatable bonds is 4. The lowest BCUT2D eigenvalue weighted by atomic mass is 9.92. The Labute approximate surface area is 167 Å². The number of hydrogen-bond donors (Lipinski definition) is 2. The molecule has 3 fully saturated rings. The Kier molecular flexibility index (Phi) is 4.02. The van der Waals surface area contributed by atoms with Crippen molar-refractivity contribution >= 4 is 23.5 Å². The van der Waals surface area contributed by atoms with Crippen molar-refractivity contribution < 1.29 is 32.9 Å². The first-order valence-corrected chi connectivity index (χ1v) is 9.06. The number of ether oxygens (including phenoxy) is 4. The van der Waals surface area contributed by atoms with Gasteiger partial charge >= 0.3 is 12.1 Å². The topological polar surface area (TPSA) is 163 Å². The van der Waals surface area contributed by atoms with Gasteiger partial charge in [-0.05, 0) is 0 Å². The highest BCUT2D eigenvalue weighted by Crippen LogP contribution is 2.46. The molecule has 3 N–H and O–H groups in total. The molecule has 2 aromatic rings. The average molecular weight is 418 g/mol. The van der Waals surface area contributed by atoms with E-state index >= 15 is 0 Å². The predicted molar refractivity (Wildman–Crippen MR) is 92.0 cm³/mol. The zero-order valence-electron chi connectivity index (χ0n) is 15.3. The predicted octanol–water partition coefficient (Wildman–Crippen LogP) is -0.765. The zero-order chi connectivity index (χ0) is 21.0. The Morgan fingerprint density at radius 1 is 1.50 bits per heavy atom. The number of halogens is 1. The molecule has 0 amide bonds. The van der Waals surface area contributed by atoms with Crippen LogP contribution in [0.15, 0.2) is 12.4 Å². The minimum atomic E-state index is -1.97. The van der Waals surface area contributed by atoms with Crippen molar-refractivity contribution in [3.05, 3.63) is 23.9 Å². The fourth-order valence-electron chi connectivity index (χ4n) is 3.84. The maximum Gasteiger partial charge on any atom is 0.509 e. The number of nitrogens with zero attached hydrogens (tertiary/aromatic N) is 4.